The number of unbranched alkanes of at least 4 members (excludes halogenated alkanes) is 2. The second kappa shape index (κ2) is 7.98. The van der Waals surface area contributed by atoms with Crippen LogP contribution >= 0.6 is 0 Å². The molecule has 0 aromatic heterocycles. The number of rotatable bonds is 8. The molecule has 0 atom stereocenters. The Labute approximate surface area is 111 Å². The molecule has 0 bridgehead atoms. The lowest BCUT2D eigenvalue weighted by Gasteiger charge is -2.22. The first kappa shape index (κ1) is 14.8. The van der Waals surface area contributed by atoms with Gasteiger partial charge in [-0.25, -0.2) is 0 Å². The molecule has 0 fully saturated rings. The number of anilines is 1. The number of aromatic hydroxyl groups is 1. The molecule has 0 aliphatic heterocycles. The van der Waals surface area contributed by atoms with Gasteiger partial charge in [0.15, 0.2) is 0 Å². The van der Waals surface area contributed by atoms with Crippen LogP contribution < -0.4 is 5.73 Å². The van der Waals surface area contributed by atoms with Crippen molar-refractivity contribution in [1.29, 1.82) is 0 Å². The van der Waals surface area contributed by atoms with Gasteiger partial charge in [0.25, 0.3) is 0 Å². The molecule has 0 unspecified atom stereocenters. The van der Waals surface area contributed by atoms with Crippen molar-refractivity contribution in [1.82, 2.24) is 4.90 Å². The van der Waals surface area contributed by atoms with Crippen LogP contribution in [-0.4, -0.2) is 23.1 Å². The molecular weight excluding hydrogens is 224 g/mol. The van der Waals surface area contributed by atoms with E-state index in [-0.39, 0.29) is 0 Å². The Morgan fingerprint density at radius 3 is 2.28 bits per heavy atom. The largest absolute Gasteiger partial charge is 0.508 e. The Bertz CT molecular complexity index is 344. The van der Waals surface area contributed by atoms with Gasteiger partial charge >= 0.3 is 0 Å². The van der Waals surface area contributed by atoms with Gasteiger partial charge in [-0.15, -0.1) is 0 Å². The number of nitrogens with zero attached hydrogens (tertiary/aromatic N) is 1. The van der Waals surface area contributed by atoms with E-state index < -0.39 is 0 Å². The zero-order valence-corrected chi connectivity index (χ0v) is 11.7. The summed E-state index contributed by atoms with van der Waals surface area (Å²) in [4.78, 5) is 2.40. The summed E-state index contributed by atoms with van der Waals surface area (Å²) in [6.45, 7) is 7.37. The third-order valence-electron chi connectivity index (χ3n) is 3.15. The molecule has 0 spiro atoms. The molecule has 0 aliphatic carbocycles. The lowest BCUT2D eigenvalue weighted by molar-refractivity contribution is 0.254. The summed E-state index contributed by atoms with van der Waals surface area (Å²) in [6, 6.07) is 5.30. The molecule has 18 heavy (non-hydrogen) atoms. The highest BCUT2D eigenvalue weighted by Crippen LogP contribution is 2.21. The molecule has 0 amide bonds. The van der Waals surface area contributed by atoms with Gasteiger partial charge in [0.1, 0.15) is 5.75 Å². The monoisotopic (exact) mass is 250 g/mol. The van der Waals surface area contributed by atoms with Crippen molar-refractivity contribution in [2.24, 2.45) is 0 Å². The topological polar surface area (TPSA) is 49.5 Å². The minimum Gasteiger partial charge on any atom is -0.508 e. The van der Waals surface area contributed by atoms with Crippen LogP contribution in [0.3, 0.4) is 0 Å². The second-order valence-electron chi connectivity index (χ2n) is 4.87. The molecular formula is C15H26N2O. The minimum atomic E-state index is 0.349. The average Bonchev–Trinajstić information content (AvgIpc) is 2.37. The minimum absolute atomic E-state index is 0.349. The Hall–Kier alpha value is -1.22. The predicted octanol–water partition coefficient (Wildman–Crippen LogP) is 3.38. The van der Waals surface area contributed by atoms with E-state index in [1.165, 1.54) is 25.7 Å². The van der Waals surface area contributed by atoms with Gasteiger partial charge < -0.3 is 10.8 Å². The number of phenolic OH excluding ortho intramolecular Hbond substituents is 1. The zero-order chi connectivity index (χ0) is 13.4. The fraction of sp³-hybridized carbons (Fsp3) is 0.600. The molecule has 3 heteroatoms. The molecule has 1 rings (SSSR count). The Kier molecular flexibility index (Phi) is 6.58. The molecule has 0 saturated heterocycles. The summed E-state index contributed by atoms with van der Waals surface area (Å²) in [5.41, 5.74) is 7.42. The van der Waals surface area contributed by atoms with Gasteiger partial charge in [0.05, 0.1) is 0 Å². The van der Waals surface area contributed by atoms with Crippen molar-refractivity contribution >= 4 is 5.69 Å². The predicted molar refractivity (Wildman–Crippen MR) is 77.6 cm³/mol. The summed E-state index contributed by atoms with van der Waals surface area (Å²) in [7, 11) is 0. The smallest absolute Gasteiger partial charge is 0.120 e. The van der Waals surface area contributed by atoms with E-state index in [0.29, 0.717) is 11.4 Å². The maximum Gasteiger partial charge on any atom is 0.120 e. The Morgan fingerprint density at radius 1 is 1.11 bits per heavy atom. The molecule has 3 nitrogen and oxygen atoms in total. The highest BCUT2D eigenvalue weighted by molar-refractivity contribution is 5.47. The average molecular weight is 250 g/mol. The summed E-state index contributed by atoms with van der Waals surface area (Å²) >= 11 is 0. The van der Waals surface area contributed by atoms with Crippen LogP contribution in [0.1, 0.15) is 45.1 Å². The van der Waals surface area contributed by atoms with Crippen LogP contribution in [0.15, 0.2) is 18.2 Å². The van der Waals surface area contributed by atoms with Gasteiger partial charge in [0.2, 0.25) is 0 Å². The number of phenols is 1. The van der Waals surface area contributed by atoms with E-state index >= 15 is 0 Å². The van der Waals surface area contributed by atoms with E-state index in [1.54, 1.807) is 12.1 Å². The van der Waals surface area contributed by atoms with Crippen molar-refractivity contribution in [3.05, 3.63) is 23.8 Å². The summed E-state index contributed by atoms with van der Waals surface area (Å²) in [6.07, 6.45) is 4.80. The highest BCUT2D eigenvalue weighted by Gasteiger charge is 2.08. The number of hydrogen-bond donors (Lipinski definition) is 2. The molecule has 0 radical (unpaired) electrons. The van der Waals surface area contributed by atoms with Crippen molar-refractivity contribution in [3.8, 4) is 5.75 Å². The molecule has 1 aromatic carbocycles. The first-order chi connectivity index (χ1) is 8.67. The molecule has 102 valence electrons. The van der Waals surface area contributed by atoms with E-state index in [9.17, 15) is 5.11 Å². The lowest BCUT2D eigenvalue weighted by Crippen LogP contribution is -2.25. The SMILES string of the molecule is CCCCN(CCCC)Cc1cc(N)ccc1O. The molecule has 0 heterocycles. The third kappa shape index (κ3) is 4.96. The number of hydrogen-bond acceptors (Lipinski definition) is 3. The van der Waals surface area contributed by atoms with Gasteiger partial charge in [-0.2, -0.15) is 0 Å². The number of benzene rings is 1. The fourth-order valence-electron chi connectivity index (χ4n) is 2.01. The fourth-order valence-corrected chi connectivity index (χ4v) is 2.01. The second-order valence-corrected chi connectivity index (χ2v) is 4.87. The van der Waals surface area contributed by atoms with E-state index in [4.69, 9.17) is 5.73 Å². The van der Waals surface area contributed by atoms with Crippen LogP contribution in [0.4, 0.5) is 5.69 Å². The number of nitrogens with two attached hydrogens (primary N) is 1. The Morgan fingerprint density at radius 2 is 1.72 bits per heavy atom. The van der Waals surface area contributed by atoms with E-state index in [0.717, 1.165) is 25.2 Å². The first-order valence-corrected chi connectivity index (χ1v) is 6.97. The van der Waals surface area contributed by atoms with Crippen LogP contribution in [0.5, 0.6) is 5.75 Å². The van der Waals surface area contributed by atoms with E-state index in [2.05, 4.69) is 18.7 Å². The van der Waals surface area contributed by atoms with Crippen molar-refractivity contribution < 1.29 is 5.11 Å². The molecule has 1 aromatic rings. The van der Waals surface area contributed by atoms with Crippen LogP contribution in [0.25, 0.3) is 0 Å². The van der Waals surface area contributed by atoms with Crippen LogP contribution in [0.2, 0.25) is 0 Å². The molecule has 0 aliphatic rings. The van der Waals surface area contributed by atoms with Gasteiger partial charge in [-0.1, -0.05) is 26.7 Å². The van der Waals surface area contributed by atoms with Gasteiger partial charge in [-0.3, -0.25) is 4.90 Å². The standard InChI is InChI=1S/C15H26N2O/c1-3-5-9-17(10-6-4-2)12-13-11-14(16)7-8-15(13)18/h7-8,11,18H,3-6,9-10,12,16H2,1-2H3. The van der Waals surface area contributed by atoms with Gasteiger partial charge in [-0.05, 0) is 44.1 Å². The molecule has 0 saturated carbocycles. The van der Waals surface area contributed by atoms with Crippen LogP contribution in [0, 0.1) is 0 Å². The maximum absolute atomic E-state index is 9.85. The first-order valence-electron chi connectivity index (χ1n) is 6.97. The summed E-state index contributed by atoms with van der Waals surface area (Å²) in [5.74, 6) is 0.349. The highest BCUT2D eigenvalue weighted by atomic mass is 16.3. The van der Waals surface area contributed by atoms with Crippen LogP contribution in [-0.2, 0) is 6.54 Å². The van der Waals surface area contributed by atoms with Crippen molar-refractivity contribution in [2.75, 3.05) is 18.8 Å². The van der Waals surface area contributed by atoms with Crippen molar-refractivity contribution in [2.45, 2.75) is 46.1 Å². The zero-order valence-electron chi connectivity index (χ0n) is 11.7. The lowest BCUT2D eigenvalue weighted by atomic mass is 10.1. The summed E-state index contributed by atoms with van der Waals surface area (Å²) < 4.78 is 0. The van der Waals surface area contributed by atoms with E-state index in [1.807, 2.05) is 6.07 Å². The quantitative estimate of drug-likeness (QED) is 0.549. The van der Waals surface area contributed by atoms with Gasteiger partial charge in [0, 0.05) is 17.8 Å². The maximum atomic E-state index is 9.85. The normalized spacial score (nSPS) is 11.1. The third-order valence-corrected chi connectivity index (χ3v) is 3.15. The Balaban J connectivity index is 2.65. The molecule has 3 N–H and O–H groups in total. The van der Waals surface area contributed by atoms with Crippen molar-refractivity contribution in [3.63, 3.8) is 0 Å². The summed E-state index contributed by atoms with van der Waals surface area (Å²) in [5, 5.41) is 9.85. The number of nitrogen functional groups attached to an aromatic ring is 1.